The molecule has 2 aromatic carbocycles. The van der Waals surface area contributed by atoms with Gasteiger partial charge in [0.25, 0.3) is 0 Å². The van der Waals surface area contributed by atoms with E-state index in [0.717, 1.165) is 16.5 Å². The van der Waals surface area contributed by atoms with E-state index < -0.39 is 0 Å². The Bertz CT molecular complexity index is 786. The maximum atomic E-state index is 13.2. The highest BCUT2D eigenvalue weighted by Crippen LogP contribution is 2.31. The number of benzene rings is 2. The van der Waals surface area contributed by atoms with Gasteiger partial charge in [0, 0.05) is 22.2 Å². The molecule has 0 aliphatic rings. The second-order valence-corrected chi connectivity index (χ2v) is 5.10. The van der Waals surface area contributed by atoms with Gasteiger partial charge < -0.3 is 0 Å². The van der Waals surface area contributed by atoms with Gasteiger partial charge in [-0.15, -0.1) is 0 Å². The molecule has 1 atom stereocenters. The summed E-state index contributed by atoms with van der Waals surface area (Å²) < 4.78 is 13.2. The third-order valence-electron chi connectivity index (χ3n) is 3.42. The number of nitrogens with one attached hydrogen (secondary N) is 1. The minimum absolute atomic E-state index is 0.325. The number of rotatable bonds is 3. The highest BCUT2D eigenvalue weighted by Gasteiger charge is 2.18. The van der Waals surface area contributed by atoms with E-state index in [9.17, 15) is 4.39 Å². The molecule has 0 bridgehead atoms. The number of hydrogen-bond acceptors (Lipinski definition) is 3. The summed E-state index contributed by atoms with van der Waals surface area (Å²) in [4.78, 5) is 4.41. The van der Waals surface area contributed by atoms with Crippen molar-refractivity contribution in [1.29, 1.82) is 0 Å². The zero-order valence-corrected chi connectivity index (χ0v) is 11.8. The van der Waals surface area contributed by atoms with Gasteiger partial charge in [-0.25, -0.2) is 9.82 Å². The van der Waals surface area contributed by atoms with Crippen molar-refractivity contribution in [1.82, 2.24) is 10.4 Å². The zero-order valence-electron chi connectivity index (χ0n) is 11.1. The van der Waals surface area contributed by atoms with Crippen molar-refractivity contribution >= 4 is 22.5 Å². The van der Waals surface area contributed by atoms with Gasteiger partial charge >= 0.3 is 0 Å². The standard InChI is InChI=1S/C16H13ClFN3/c17-14-9-11(18)6-7-12(14)16(21-19)13-5-1-3-10-4-2-8-20-15(10)13/h1-9,16,21H,19H2. The van der Waals surface area contributed by atoms with Gasteiger partial charge in [-0.3, -0.25) is 10.8 Å². The summed E-state index contributed by atoms with van der Waals surface area (Å²) in [6, 6.07) is 13.6. The van der Waals surface area contributed by atoms with E-state index in [4.69, 9.17) is 17.4 Å². The highest BCUT2D eigenvalue weighted by atomic mass is 35.5. The second-order valence-electron chi connectivity index (χ2n) is 4.69. The number of para-hydroxylation sites is 1. The third kappa shape index (κ3) is 2.61. The number of aromatic nitrogens is 1. The Kier molecular flexibility index (Phi) is 3.84. The average Bonchev–Trinajstić information content (AvgIpc) is 2.50. The number of hydrogen-bond donors (Lipinski definition) is 2. The van der Waals surface area contributed by atoms with Crippen molar-refractivity contribution in [3.63, 3.8) is 0 Å². The molecule has 0 aliphatic heterocycles. The average molecular weight is 302 g/mol. The quantitative estimate of drug-likeness (QED) is 0.574. The van der Waals surface area contributed by atoms with Crippen LogP contribution in [-0.2, 0) is 0 Å². The first-order valence-corrected chi connectivity index (χ1v) is 6.83. The van der Waals surface area contributed by atoms with Crippen LogP contribution in [0.4, 0.5) is 4.39 Å². The van der Waals surface area contributed by atoms with E-state index in [-0.39, 0.29) is 11.9 Å². The fourth-order valence-electron chi connectivity index (χ4n) is 2.44. The van der Waals surface area contributed by atoms with Gasteiger partial charge in [-0.1, -0.05) is 41.9 Å². The first kappa shape index (κ1) is 13.9. The molecule has 1 heterocycles. The summed E-state index contributed by atoms with van der Waals surface area (Å²) in [7, 11) is 0. The van der Waals surface area contributed by atoms with Gasteiger partial charge in [-0.05, 0) is 23.8 Å². The van der Waals surface area contributed by atoms with E-state index in [2.05, 4.69) is 10.4 Å². The van der Waals surface area contributed by atoms with Crippen molar-refractivity contribution in [2.24, 2.45) is 5.84 Å². The Morgan fingerprint density at radius 2 is 1.90 bits per heavy atom. The van der Waals surface area contributed by atoms with Crippen molar-refractivity contribution in [3.8, 4) is 0 Å². The predicted octanol–water partition coefficient (Wildman–Crippen LogP) is 3.58. The molecule has 0 fully saturated rings. The molecule has 0 spiro atoms. The number of pyridine rings is 1. The lowest BCUT2D eigenvalue weighted by Crippen LogP contribution is -2.29. The molecule has 0 saturated carbocycles. The van der Waals surface area contributed by atoms with Gasteiger partial charge in [0.05, 0.1) is 11.6 Å². The Morgan fingerprint density at radius 1 is 1.10 bits per heavy atom. The number of hydrazine groups is 1. The molecule has 21 heavy (non-hydrogen) atoms. The zero-order chi connectivity index (χ0) is 14.8. The van der Waals surface area contributed by atoms with E-state index >= 15 is 0 Å². The SMILES string of the molecule is NNC(c1ccc(F)cc1Cl)c1cccc2cccnc12. The molecular weight excluding hydrogens is 289 g/mol. The summed E-state index contributed by atoms with van der Waals surface area (Å²) in [5, 5.41) is 1.33. The smallest absolute Gasteiger partial charge is 0.124 e. The van der Waals surface area contributed by atoms with Crippen LogP contribution in [0.15, 0.2) is 54.7 Å². The second kappa shape index (κ2) is 5.77. The van der Waals surface area contributed by atoms with Gasteiger partial charge in [0.15, 0.2) is 0 Å². The predicted molar refractivity (Wildman–Crippen MR) is 82.3 cm³/mol. The summed E-state index contributed by atoms with van der Waals surface area (Å²) in [6.07, 6.45) is 1.73. The van der Waals surface area contributed by atoms with Crippen molar-refractivity contribution in [2.45, 2.75) is 6.04 Å². The Hall–Kier alpha value is -2.01. The molecule has 0 radical (unpaired) electrons. The normalized spacial score (nSPS) is 12.5. The monoisotopic (exact) mass is 301 g/mol. The molecule has 0 amide bonds. The number of nitrogens with two attached hydrogens (primary N) is 1. The molecule has 1 aromatic heterocycles. The summed E-state index contributed by atoms with van der Waals surface area (Å²) >= 11 is 6.15. The van der Waals surface area contributed by atoms with E-state index in [1.54, 1.807) is 12.3 Å². The Morgan fingerprint density at radius 3 is 2.67 bits per heavy atom. The summed E-state index contributed by atoms with van der Waals surface area (Å²) in [6.45, 7) is 0. The molecule has 3 rings (SSSR count). The lowest BCUT2D eigenvalue weighted by molar-refractivity contribution is 0.617. The molecule has 3 aromatic rings. The van der Waals surface area contributed by atoms with Crippen molar-refractivity contribution in [3.05, 3.63) is 76.7 Å². The third-order valence-corrected chi connectivity index (χ3v) is 3.74. The Balaban J connectivity index is 2.18. The molecule has 3 N–H and O–H groups in total. The van der Waals surface area contributed by atoms with Crippen LogP contribution in [0.25, 0.3) is 10.9 Å². The molecule has 106 valence electrons. The van der Waals surface area contributed by atoms with Crippen LogP contribution in [0.5, 0.6) is 0 Å². The minimum atomic E-state index is -0.379. The fourth-order valence-corrected chi connectivity index (χ4v) is 2.72. The fraction of sp³-hybridized carbons (Fsp3) is 0.0625. The van der Waals surface area contributed by atoms with Crippen LogP contribution in [-0.4, -0.2) is 4.98 Å². The van der Waals surface area contributed by atoms with Crippen LogP contribution >= 0.6 is 11.6 Å². The Labute approximate surface area is 126 Å². The van der Waals surface area contributed by atoms with Crippen LogP contribution < -0.4 is 11.3 Å². The van der Waals surface area contributed by atoms with Crippen LogP contribution in [0.3, 0.4) is 0 Å². The maximum absolute atomic E-state index is 13.2. The van der Waals surface area contributed by atoms with E-state index in [1.165, 1.54) is 12.1 Å². The molecule has 1 unspecified atom stereocenters. The first-order valence-electron chi connectivity index (χ1n) is 6.45. The van der Waals surface area contributed by atoms with Crippen LogP contribution in [0, 0.1) is 5.82 Å². The van der Waals surface area contributed by atoms with Crippen LogP contribution in [0.1, 0.15) is 17.2 Å². The molecule has 0 aliphatic carbocycles. The van der Waals surface area contributed by atoms with Gasteiger partial charge in [0.1, 0.15) is 5.82 Å². The highest BCUT2D eigenvalue weighted by molar-refractivity contribution is 6.31. The lowest BCUT2D eigenvalue weighted by Gasteiger charge is -2.19. The largest absolute Gasteiger partial charge is 0.271 e. The summed E-state index contributed by atoms with van der Waals surface area (Å²) in [5.74, 6) is 5.33. The topological polar surface area (TPSA) is 50.9 Å². The molecule has 3 nitrogen and oxygen atoms in total. The molecule has 0 saturated heterocycles. The van der Waals surface area contributed by atoms with Gasteiger partial charge in [0.2, 0.25) is 0 Å². The number of fused-ring (bicyclic) bond motifs is 1. The van der Waals surface area contributed by atoms with Crippen LogP contribution in [0.2, 0.25) is 5.02 Å². The number of halogens is 2. The van der Waals surface area contributed by atoms with Gasteiger partial charge in [-0.2, -0.15) is 0 Å². The van der Waals surface area contributed by atoms with Crippen molar-refractivity contribution in [2.75, 3.05) is 0 Å². The maximum Gasteiger partial charge on any atom is 0.124 e. The molecular formula is C16H13ClFN3. The first-order chi connectivity index (χ1) is 10.2. The van der Waals surface area contributed by atoms with E-state index in [0.29, 0.717) is 10.6 Å². The lowest BCUT2D eigenvalue weighted by atomic mass is 9.96. The van der Waals surface area contributed by atoms with E-state index in [1.807, 2.05) is 30.3 Å². The van der Waals surface area contributed by atoms with Crippen molar-refractivity contribution < 1.29 is 4.39 Å². The molecule has 5 heteroatoms. The minimum Gasteiger partial charge on any atom is -0.271 e. The summed E-state index contributed by atoms with van der Waals surface area (Å²) in [5.41, 5.74) is 5.18. The number of nitrogens with zero attached hydrogens (tertiary/aromatic N) is 1.